The fraction of sp³-hybridized carbons (Fsp3) is 0.727. The molecule has 0 spiro atoms. The van der Waals surface area contributed by atoms with Crippen molar-refractivity contribution in [3.63, 3.8) is 0 Å². The van der Waals surface area contributed by atoms with Crippen LogP contribution in [-0.4, -0.2) is 46.5 Å². The lowest BCUT2D eigenvalue weighted by molar-refractivity contribution is -0.146. The van der Waals surface area contributed by atoms with Crippen LogP contribution in [-0.2, 0) is 14.3 Å². The molecule has 0 aliphatic heterocycles. The summed E-state index contributed by atoms with van der Waals surface area (Å²) in [6.45, 7) is 17.8. The van der Waals surface area contributed by atoms with Gasteiger partial charge in [0.15, 0.2) is 0 Å². The number of amides is 3. The molecule has 0 bridgehead atoms. The molecular weight excluding hydrogens is 502 g/mol. The summed E-state index contributed by atoms with van der Waals surface area (Å²) in [5.41, 5.74) is 1.18. The maximum Gasteiger partial charge on any atom is 0.408 e. The second-order valence-electron chi connectivity index (χ2n) is 13.6. The van der Waals surface area contributed by atoms with Crippen molar-refractivity contribution in [2.24, 2.45) is 11.8 Å². The summed E-state index contributed by atoms with van der Waals surface area (Å²) in [7, 11) is 0. The number of alkyl carbamates (subject to hydrolysis) is 1. The number of carbonyl (C=O) groups excluding carboxylic acids is 3. The lowest BCUT2D eigenvalue weighted by Gasteiger charge is -2.40. The third kappa shape index (κ3) is 11.1. The molecule has 1 aliphatic rings. The summed E-state index contributed by atoms with van der Waals surface area (Å²) in [5, 5.41) is 6.15. The van der Waals surface area contributed by atoms with Crippen molar-refractivity contribution >= 4 is 17.9 Å². The van der Waals surface area contributed by atoms with Gasteiger partial charge >= 0.3 is 6.09 Å². The third-order valence-corrected chi connectivity index (χ3v) is 7.46. The quantitative estimate of drug-likeness (QED) is 0.287. The number of aryl methyl sites for hydroxylation is 1. The molecular formula is C33H55N3O4. The Morgan fingerprint density at radius 3 is 2.05 bits per heavy atom. The molecule has 3 amide bonds. The van der Waals surface area contributed by atoms with Gasteiger partial charge in [-0.25, -0.2) is 4.79 Å². The van der Waals surface area contributed by atoms with E-state index >= 15 is 0 Å². The zero-order chi connectivity index (χ0) is 30.0. The maximum absolute atomic E-state index is 14.5. The number of carbonyl (C=O) groups is 3. The van der Waals surface area contributed by atoms with Crippen LogP contribution in [0.4, 0.5) is 4.79 Å². The average Bonchev–Trinajstić information content (AvgIpc) is 2.85. The summed E-state index contributed by atoms with van der Waals surface area (Å²) in [6.07, 6.45) is 6.80. The highest BCUT2D eigenvalue weighted by Gasteiger charge is 2.39. The molecule has 0 saturated heterocycles. The number of ether oxygens (including phenoxy) is 1. The number of nitrogens with zero attached hydrogens (tertiary/aromatic N) is 1. The first-order valence-electron chi connectivity index (χ1n) is 15.4. The van der Waals surface area contributed by atoms with Crippen LogP contribution in [0.3, 0.4) is 0 Å². The van der Waals surface area contributed by atoms with Gasteiger partial charge in [-0.05, 0) is 84.1 Å². The molecule has 0 heterocycles. The first kappa shape index (κ1) is 33.6. The number of rotatable bonds is 12. The molecule has 40 heavy (non-hydrogen) atoms. The topological polar surface area (TPSA) is 87.7 Å². The minimum atomic E-state index is -0.813. The molecule has 1 aromatic rings. The number of nitrogens with one attached hydrogen (secondary N) is 2. The average molecular weight is 558 g/mol. The fourth-order valence-corrected chi connectivity index (χ4v) is 5.35. The van der Waals surface area contributed by atoms with Gasteiger partial charge in [0, 0.05) is 12.1 Å². The first-order chi connectivity index (χ1) is 18.7. The summed E-state index contributed by atoms with van der Waals surface area (Å²) in [6, 6.07) is 6.17. The van der Waals surface area contributed by atoms with Crippen molar-refractivity contribution < 1.29 is 19.1 Å². The molecule has 2 rings (SSSR count). The van der Waals surface area contributed by atoms with Crippen molar-refractivity contribution in [1.82, 2.24) is 15.5 Å². The number of benzene rings is 1. The van der Waals surface area contributed by atoms with Gasteiger partial charge in [-0.2, -0.15) is 0 Å². The first-order valence-corrected chi connectivity index (χ1v) is 15.4. The van der Waals surface area contributed by atoms with Crippen LogP contribution in [0.5, 0.6) is 0 Å². The second kappa shape index (κ2) is 15.4. The smallest absolute Gasteiger partial charge is 0.408 e. The summed E-state index contributed by atoms with van der Waals surface area (Å²) < 4.78 is 5.53. The van der Waals surface area contributed by atoms with E-state index in [9.17, 15) is 14.4 Å². The fourth-order valence-electron chi connectivity index (χ4n) is 5.35. The lowest BCUT2D eigenvalue weighted by atomic mass is 9.93. The van der Waals surface area contributed by atoms with Crippen molar-refractivity contribution in [3.8, 4) is 0 Å². The maximum atomic E-state index is 14.5. The van der Waals surface area contributed by atoms with Gasteiger partial charge in [0.05, 0.1) is 0 Å². The highest BCUT2D eigenvalue weighted by Crippen LogP contribution is 2.30. The normalized spacial score (nSPS) is 16.8. The van der Waals surface area contributed by atoms with Gasteiger partial charge < -0.3 is 20.3 Å². The minimum absolute atomic E-state index is 0.114. The molecule has 1 saturated carbocycles. The molecule has 3 unspecified atom stereocenters. The van der Waals surface area contributed by atoms with E-state index in [-0.39, 0.29) is 29.8 Å². The van der Waals surface area contributed by atoms with E-state index < -0.39 is 23.8 Å². The minimum Gasteiger partial charge on any atom is -0.444 e. The highest BCUT2D eigenvalue weighted by atomic mass is 16.6. The van der Waals surface area contributed by atoms with Gasteiger partial charge in [-0.1, -0.05) is 76.8 Å². The van der Waals surface area contributed by atoms with Crippen molar-refractivity contribution in [1.29, 1.82) is 0 Å². The Morgan fingerprint density at radius 1 is 0.925 bits per heavy atom. The Labute approximate surface area is 243 Å². The Balaban J connectivity index is 2.54. The standard InChI is InChI=1S/C33H55N3O4/c1-22(2)15-18-25(6)36(31(38)28(21-23(3)4)35-32(39)40-33(7,8)9)29(26-19-16-24(5)17-20-26)30(37)34-27-13-11-10-12-14-27/h16-17,19-20,22-23,25,27-29H,10-15,18,21H2,1-9H3,(H,34,37)(H,35,39). The number of hydrogen-bond donors (Lipinski definition) is 2. The molecule has 0 radical (unpaired) electrons. The molecule has 2 N–H and O–H groups in total. The van der Waals surface area contributed by atoms with E-state index in [2.05, 4.69) is 24.5 Å². The molecule has 0 aromatic heterocycles. The predicted octanol–water partition coefficient (Wildman–Crippen LogP) is 7.08. The van der Waals surface area contributed by atoms with E-state index in [1.165, 1.54) is 6.42 Å². The molecule has 226 valence electrons. The van der Waals surface area contributed by atoms with E-state index in [0.717, 1.165) is 49.7 Å². The molecule has 7 heteroatoms. The zero-order valence-electron chi connectivity index (χ0n) is 26.5. The van der Waals surface area contributed by atoms with Crippen LogP contribution in [0.2, 0.25) is 0 Å². The van der Waals surface area contributed by atoms with E-state index in [0.29, 0.717) is 12.3 Å². The molecule has 1 fully saturated rings. The van der Waals surface area contributed by atoms with Gasteiger partial charge in [-0.3, -0.25) is 9.59 Å². The summed E-state index contributed by atoms with van der Waals surface area (Å²) in [5.74, 6) is 0.200. The van der Waals surface area contributed by atoms with Crippen molar-refractivity contribution in [2.45, 2.75) is 143 Å². The SMILES string of the molecule is Cc1ccc(C(C(=O)NC2CCCCC2)N(C(=O)C(CC(C)C)NC(=O)OC(C)(C)C)C(C)CCC(C)C)cc1. The largest absolute Gasteiger partial charge is 0.444 e. The highest BCUT2D eigenvalue weighted by molar-refractivity contribution is 5.92. The zero-order valence-corrected chi connectivity index (χ0v) is 26.5. The van der Waals surface area contributed by atoms with E-state index in [1.54, 1.807) is 25.7 Å². The molecule has 3 atom stereocenters. The Hall–Kier alpha value is -2.57. The van der Waals surface area contributed by atoms with Crippen LogP contribution in [0, 0.1) is 18.8 Å². The monoisotopic (exact) mass is 557 g/mol. The van der Waals surface area contributed by atoms with Crippen LogP contribution in [0.1, 0.15) is 124 Å². The van der Waals surface area contributed by atoms with E-state index in [1.807, 2.05) is 52.0 Å². The molecule has 1 aliphatic carbocycles. The van der Waals surface area contributed by atoms with Crippen molar-refractivity contribution in [2.75, 3.05) is 0 Å². The van der Waals surface area contributed by atoms with Gasteiger partial charge in [0.25, 0.3) is 0 Å². The third-order valence-electron chi connectivity index (χ3n) is 7.46. The van der Waals surface area contributed by atoms with Gasteiger partial charge in [0.1, 0.15) is 17.7 Å². The number of hydrogen-bond acceptors (Lipinski definition) is 4. The van der Waals surface area contributed by atoms with Crippen molar-refractivity contribution in [3.05, 3.63) is 35.4 Å². The molecule has 1 aromatic carbocycles. The summed E-state index contributed by atoms with van der Waals surface area (Å²) >= 11 is 0. The van der Waals surface area contributed by atoms with Crippen LogP contribution in [0.25, 0.3) is 0 Å². The Bertz CT molecular complexity index is 945. The molecule has 7 nitrogen and oxygen atoms in total. The Morgan fingerprint density at radius 2 is 1.52 bits per heavy atom. The van der Waals surface area contributed by atoms with Gasteiger partial charge in [-0.15, -0.1) is 0 Å². The van der Waals surface area contributed by atoms with Gasteiger partial charge in [0.2, 0.25) is 11.8 Å². The summed E-state index contributed by atoms with van der Waals surface area (Å²) in [4.78, 5) is 43.2. The lowest BCUT2D eigenvalue weighted by Crippen LogP contribution is -2.56. The van der Waals surface area contributed by atoms with Crippen LogP contribution < -0.4 is 10.6 Å². The van der Waals surface area contributed by atoms with Crippen LogP contribution in [0.15, 0.2) is 24.3 Å². The van der Waals surface area contributed by atoms with Crippen LogP contribution >= 0.6 is 0 Å². The predicted molar refractivity (Wildman–Crippen MR) is 162 cm³/mol. The Kier molecular flexibility index (Phi) is 13.0. The van der Waals surface area contributed by atoms with E-state index in [4.69, 9.17) is 4.74 Å². The second-order valence-corrected chi connectivity index (χ2v) is 13.6.